The molecular weight excluding hydrogens is 300 g/mol. The SMILES string of the molecule is C[C@@H]1C[C@H]1NC1CCN(C2(CC#N)CN(S(C)(=O)=O)C2)CC1. The lowest BCUT2D eigenvalue weighted by Crippen LogP contribution is -2.72. The Hall–Kier alpha value is -0.680. The molecule has 0 aromatic rings. The van der Waals surface area contributed by atoms with Gasteiger partial charge in [-0.1, -0.05) is 6.92 Å². The van der Waals surface area contributed by atoms with E-state index in [-0.39, 0.29) is 5.54 Å². The maximum Gasteiger partial charge on any atom is 0.211 e. The zero-order valence-corrected chi connectivity index (χ0v) is 14.3. The molecule has 0 spiro atoms. The molecule has 0 aromatic carbocycles. The average Bonchev–Trinajstić information content (AvgIpc) is 3.08. The molecule has 7 heteroatoms. The minimum atomic E-state index is -3.13. The lowest BCUT2D eigenvalue weighted by Gasteiger charge is -2.55. The van der Waals surface area contributed by atoms with Gasteiger partial charge in [-0.05, 0) is 25.2 Å². The Labute approximate surface area is 133 Å². The van der Waals surface area contributed by atoms with Gasteiger partial charge in [0.2, 0.25) is 10.0 Å². The third kappa shape index (κ3) is 3.16. The van der Waals surface area contributed by atoms with Crippen LogP contribution in [-0.4, -0.2) is 67.7 Å². The Morgan fingerprint density at radius 1 is 1.32 bits per heavy atom. The van der Waals surface area contributed by atoms with Crippen molar-refractivity contribution >= 4 is 10.0 Å². The molecule has 0 unspecified atom stereocenters. The molecule has 22 heavy (non-hydrogen) atoms. The number of nitrogens with one attached hydrogen (secondary N) is 1. The second-order valence-corrected chi connectivity index (χ2v) is 9.32. The van der Waals surface area contributed by atoms with Crippen molar-refractivity contribution in [1.29, 1.82) is 5.26 Å². The highest BCUT2D eigenvalue weighted by Crippen LogP contribution is 2.36. The van der Waals surface area contributed by atoms with E-state index in [9.17, 15) is 8.42 Å². The lowest BCUT2D eigenvalue weighted by atomic mass is 9.84. The van der Waals surface area contributed by atoms with Gasteiger partial charge in [-0.2, -0.15) is 9.57 Å². The van der Waals surface area contributed by atoms with Gasteiger partial charge >= 0.3 is 0 Å². The van der Waals surface area contributed by atoms with Crippen LogP contribution >= 0.6 is 0 Å². The second kappa shape index (κ2) is 5.75. The van der Waals surface area contributed by atoms with Gasteiger partial charge in [0.05, 0.1) is 24.3 Å². The molecule has 1 aliphatic carbocycles. The summed E-state index contributed by atoms with van der Waals surface area (Å²) < 4.78 is 24.7. The number of hydrogen-bond acceptors (Lipinski definition) is 5. The summed E-state index contributed by atoms with van der Waals surface area (Å²) in [6, 6.07) is 3.54. The summed E-state index contributed by atoms with van der Waals surface area (Å²) in [6.07, 6.45) is 5.14. The van der Waals surface area contributed by atoms with Gasteiger partial charge in [-0.25, -0.2) is 8.42 Å². The smallest absolute Gasteiger partial charge is 0.211 e. The molecule has 0 aromatic heterocycles. The molecule has 3 fully saturated rings. The van der Waals surface area contributed by atoms with Crippen LogP contribution in [0.15, 0.2) is 0 Å². The van der Waals surface area contributed by atoms with Crippen LogP contribution in [0.2, 0.25) is 0 Å². The summed E-state index contributed by atoms with van der Waals surface area (Å²) in [6.45, 7) is 5.13. The highest BCUT2D eigenvalue weighted by molar-refractivity contribution is 7.88. The van der Waals surface area contributed by atoms with Crippen molar-refractivity contribution in [2.24, 2.45) is 5.92 Å². The highest BCUT2D eigenvalue weighted by Gasteiger charge is 2.51. The van der Waals surface area contributed by atoms with Gasteiger partial charge in [-0.3, -0.25) is 4.90 Å². The van der Waals surface area contributed by atoms with Crippen LogP contribution in [0.1, 0.15) is 32.6 Å². The fourth-order valence-electron chi connectivity index (χ4n) is 3.79. The number of likely N-dealkylation sites (tertiary alicyclic amines) is 1. The first-order valence-electron chi connectivity index (χ1n) is 8.17. The third-order valence-electron chi connectivity index (χ3n) is 5.54. The van der Waals surface area contributed by atoms with Gasteiger partial charge in [0.25, 0.3) is 0 Å². The number of piperidine rings is 1. The van der Waals surface area contributed by atoms with Crippen molar-refractivity contribution < 1.29 is 8.42 Å². The monoisotopic (exact) mass is 326 g/mol. The molecule has 3 aliphatic rings. The van der Waals surface area contributed by atoms with Gasteiger partial charge in [0, 0.05) is 38.3 Å². The van der Waals surface area contributed by atoms with E-state index < -0.39 is 10.0 Å². The first-order chi connectivity index (χ1) is 10.3. The van der Waals surface area contributed by atoms with Crippen LogP contribution in [0.3, 0.4) is 0 Å². The summed E-state index contributed by atoms with van der Waals surface area (Å²) in [5.74, 6) is 0.818. The van der Waals surface area contributed by atoms with Crippen molar-refractivity contribution in [2.75, 3.05) is 32.4 Å². The Bertz CT molecular complexity index is 557. The molecule has 2 atom stereocenters. The molecule has 2 saturated heterocycles. The van der Waals surface area contributed by atoms with Crippen LogP contribution in [0.5, 0.6) is 0 Å². The van der Waals surface area contributed by atoms with Crippen molar-refractivity contribution in [3.05, 3.63) is 0 Å². The third-order valence-corrected chi connectivity index (χ3v) is 6.74. The maximum atomic E-state index is 11.6. The van der Waals surface area contributed by atoms with Crippen LogP contribution in [-0.2, 0) is 10.0 Å². The summed E-state index contributed by atoms with van der Waals surface area (Å²) in [7, 11) is -3.13. The predicted molar refractivity (Wildman–Crippen MR) is 84.7 cm³/mol. The van der Waals surface area contributed by atoms with E-state index in [0.717, 1.165) is 31.8 Å². The summed E-state index contributed by atoms with van der Waals surface area (Å²) in [5.41, 5.74) is -0.254. The van der Waals surface area contributed by atoms with Crippen LogP contribution in [0.4, 0.5) is 0 Å². The first-order valence-corrected chi connectivity index (χ1v) is 10.0. The van der Waals surface area contributed by atoms with E-state index in [1.54, 1.807) is 0 Å². The van der Waals surface area contributed by atoms with E-state index in [1.165, 1.54) is 17.0 Å². The number of hydrogen-bond donors (Lipinski definition) is 1. The van der Waals surface area contributed by atoms with Crippen LogP contribution in [0.25, 0.3) is 0 Å². The highest BCUT2D eigenvalue weighted by atomic mass is 32.2. The molecule has 2 aliphatic heterocycles. The minimum Gasteiger partial charge on any atom is -0.311 e. The Balaban J connectivity index is 1.55. The van der Waals surface area contributed by atoms with Crippen molar-refractivity contribution in [2.45, 2.75) is 50.2 Å². The van der Waals surface area contributed by atoms with Gasteiger partial charge in [0.1, 0.15) is 0 Å². The first kappa shape index (κ1) is 16.2. The molecule has 124 valence electrons. The minimum absolute atomic E-state index is 0.254. The van der Waals surface area contributed by atoms with Gasteiger partial charge in [0.15, 0.2) is 0 Å². The molecule has 0 amide bonds. The predicted octanol–water partition coefficient (Wildman–Crippen LogP) is 0.376. The molecule has 1 saturated carbocycles. The van der Waals surface area contributed by atoms with E-state index >= 15 is 0 Å². The maximum absolute atomic E-state index is 11.6. The number of nitrogens with zero attached hydrogens (tertiary/aromatic N) is 3. The van der Waals surface area contributed by atoms with Crippen molar-refractivity contribution in [1.82, 2.24) is 14.5 Å². The number of sulfonamides is 1. The van der Waals surface area contributed by atoms with Crippen LogP contribution in [0, 0.1) is 17.2 Å². The molecule has 0 bridgehead atoms. The fraction of sp³-hybridized carbons (Fsp3) is 0.933. The van der Waals surface area contributed by atoms with Crippen LogP contribution < -0.4 is 5.32 Å². The molecule has 3 rings (SSSR count). The van der Waals surface area contributed by atoms with E-state index in [0.29, 0.717) is 31.6 Å². The molecule has 0 radical (unpaired) electrons. The number of nitriles is 1. The Kier molecular flexibility index (Phi) is 4.23. The van der Waals surface area contributed by atoms with Gasteiger partial charge < -0.3 is 5.32 Å². The summed E-state index contributed by atoms with van der Waals surface area (Å²) in [4.78, 5) is 2.35. The molecular formula is C15H26N4O2S. The van der Waals surface area contributed by atoms with E-state index in [1.807, 2.05) is 0 Å². The largest absolute Gasteiger partial charge is 0.311 e. The summed E-state index contributed by atoms with van der Waals surface area (Å²) in [5, 5.41) is 12.9. The van der Waals surface area contributed by atoms with E-state index in [4.69, 9.17) is 5.26 Å². The summed E-state index contributed by atoms with van der Waals surface area (Å²) >= 11 is 0. The second-order valence-electron chi connectivity index (χ2n) is 7.34. The lowest BCUT2D eigenvalue weighted by molar-refractivity contribution is -0.0253. The average molecular weight is 326 g/mol. The van der Waals surface area contributed by atoms with Crippen molar-refractivity contribution in [3.63, 3.8) is 0 Å². The van der Waals surface area contributed by atoms with Crippen molar-refractivity contribution in [3.8, 4) is 6.07 Å². The zero-order chi connectivity index (χ0) is 16.0. The topological polar surface area (TPSA) is 76.4 Å². The normalized spacial score (nSPS) is 33.1. The fourth-order valence-corrected chi connectivity index (χ4v) is 4.74. The van der Waals surface area contributed by atoms with E-state index in [2.05, 4.69) is 23.2 Å². The zero-order valence-electron chi connectivity index (χ0n) is 13.5. The molecule has 6 nitrogen and oxygen atoms in total. The Morgan fingerprint density at radius 2 is 1.91 bits per heavy atom. The molecule has 1 N–H and O–H groups in total. The Morgan fingerprint density at radius 3 is 2.36 bits per heavy atom. The standard InChI is InChI=1S/C15H26N4O2S/c1-12-9-14(12)17-13-3-7-18(8-4-13)15(5-6-16)10-19(11-15)22(2,20)21/h12-14,17H,3-5,7-11H2,1-2H3/t12-,14-/m1/s1. The van der Waals surface area contributed by atoms with Gasteiger partial charge in [-0.15, -0.1) is 0 Å². The number of rotatable bonds is 5. The molecule has 2 heterocycles. The quantitative estimate of drug-likeness (QED) is 0.790.